The number of nitrogens with one attached hydrogen (secondary N) is 1. The summed E-state index contributed by atoms with van der Waals surface area (Å²) in [5.41, 5.74) is 0.768. The Bertz CT molecular complexity index is 912. The standard InChI is InChI=1S/C20H24F3N5O3/c1-4-28-15(7-8-24-19(28)26-16(29)13-5-6-13)18(30)27(3)14-9-12(2)17(25-10-14)31-11-20(21,22)23/h7-10,13,15H,4-6,11H2,1-3H3,(H,24,26,29). The fourth-order valence-corrected chi connectivity index (χ4v) is 3.09. The average Bonchev–Trinajstić information content (AvgIpc) is 3.56. The second-order valence-corrected chi connectivity index (χ2v) is 7.41. The molecule has 2 heterocycles. The second kappa shape index (κ2) is 8.94. The molecule has 1 aliphatic heterocycles. The van der Waals surface area contributed by atoms with E-state index in [1.165, 1.54) is 23.4 Å². The Labute approximate surface area is 177 Å². The van der Waals surface area contributed by atoms with Crippen molar-refractivity contribution in [1.82, 2.24) is 15.2 Å². The molecular formula is C20H24F3N5O3. The molecule has 2 amide bonds. The van der Waals surface area contributed by atoms with Crippen LogP contribution in [0.25, 0.3) is 0 Å². The van der Waals surface area contributed by atoms with Gasteiger partial charge < -0.3 is 14.5 Å². The number of carbonyl (C=O) groups is 2. The molecule has 1 unspecified atom stereocenters. The third kappa shape index (κ3) is 5.53. The highest BCUT2D eigenvalue weighted by Gasteiger charge is 2.35. The first-order valence-corrected chi connectivity index (χ1v) is 9.86. The number of guanidine groups is 1. The number of ether oxygens (including phenoxy) is 1. The highest BCUT2D eigenvalue weighted by atomic mass is 19.4. The molecule has 1 atom stereocenters. The van der Waals surface area contributed by atoms with Crippen LogP contribution < -0.4 is 15.0 Å². The number of amides is 2. The molecule has 8 nitrogen and oxygen atoms in total. The van der Waals surface area contributed by atoms with E-state index in [2.05, 4.69) is 15.3 Å². The van der Waals surface area contributed by atoms with Crippen molar-refractivity contribution in [3.63, 3.8) is 0 Å². The van der Waals surface area contributed by atoms with E-state index < -0.39 is 18.8 Å². The zero-order chi connectivity index (χ0) is 22.8. The largest absolute Gasteiger partial charge is 0.468 e. The van der Waals surface area contributed by atoms with Crippen LogP contribution in [0.3, 0.4) is 0 Å². The van der Waals surface area contributed by atoms with Gasteiger partial charge in [-0.05, 0) is 38.8 Å². The Kier molecular flexibility index (Phi) is 6.51. The number of hydrogen-bond donors (Lipinski definition) is 1. The van der Waals surface area contributed by atoms with E-state index in [1.807, 2.05) is 6.92 Å². The molecule has 1 aromatic rings. The van der Waals surface area contributed by atoms with Crippen LogP contribution in [0.15, 0.2) is 29.5 Å². The molecule has 31 heavy (non-hydrogen) atoms. The molecule has 11 heteroatoms. The molecule has 0 bridgehead atoms. The summed E-state index contributed by atoms with van der Waals surface area (Å²) in [6.45, 7) is 2.39. The van der Waals surface area contributed by atoms with E-state index in [1.54, 1.807) is 24.9 Å². The number of nitrogens with zero attached hydrogens (tertiary/aromatic N) is 4. The SMILES string of the molecule is CCN1C(NC(=O)C2CC2)=NC=CC1C(=O)N(C)c1cnc(OCC(F)(F)F)c(C)c1. The van der Waals surface area contributed by atoms with Gasteiger partial charge in [-0.15, -0.1) is 0 Å². The van der Waals surface area contributed by atoms with Crippen LogP contribution in [0.2, 0.25) is 0 Å². The van der Waals surface area contributed by atoms with Crippen molar-refractivity contribution in [2.24, 2.45) is 10.9 Å². The van der Waals surface area contributed by atoms with Gasteiger partial charge in [0.05, 0.1) is 11.9 Å². The zero-order valence-electron chi connectivity index (χ0n) is 17.4. The molecule has 0 radical (unpaired) electrons. The average molecular weight is 439 g/mol. The van der Waals surface area contributed by atoms with Crippen LogP contribution in [0.4, 0.5) is 18.9 Å². The Morgan fingerprint density at radius 1 is 1.35 bits per heavy atom. The van der Waals surface area contributed by atoms with Crippen molar-refractivity contribution >= 4 is 23.5 Å². The summed E-state index contributed by atoms with van der Waals surface area (Å²) in [5.74, 6) is -0.250. The Hall–Kier alpha value is -3.11. The van der Waals surface area contributed by atoms with E-state index in [-0.39, 0.29) is 23.6 Å². The summed E-state index contributed by atoms with van der Waals surface area (Å²) in [5, 5.41) is 2.78. The molecule has 168 valence electrons. The number of aryl methyl sites for hydroxylation is 1. The van der Waals surface area contributed by atoms with Crippen LogP contribution in [0, 0.1) is 12.8 Å². The van der Waals surface area contributed by atoms with E-state index in [4.69, 9.17) is 4.74 Å². The number of rotatable bonds is 6. The predicted molar refractivity (Wildman–Crippen MR) is 108 cm³/mol. The summed E-state index contributed by atoms with van der Waals surface area (Å²) in [7, 11) is 1.55. The summed E-state index contributed by atoms with van der Waals surface area (Å²) < 4.78 is 41.8. The van der Waals surface area contributed by atoms with Gasteiger partial charge in [-0.1, -0.05) is 0 Å². The Morgan fingerprint density at radius 3 is 2.65 bits per heavy atom. The van der Waals surface area contributed by atoms with Crippen LogP contribution in [-0.4, -0.2) is 60.1 Å². The first-order valence-electron chi connectivity index (χ1n) is 9.86. The molecule has 1 N–H and O–H groups in total. The molecule has 2 aliphatic rings. The molecule has 1 aliphatic carbocycles. The maximum atomic E-state index is 13.2. The van der Waals surface area contributed by atoms with Gasteiger partial charge >= 0.3 is 6.18 Å². The van der Waals surface area contributed by atoms with Gasteiger partial charge in [0.1, 0.15) is 6.04 Å². The smallest absolute Gasteiger partial charge is 0.422 e. The van der Waals surface area contributed by atoms with Crippen LogP contribution in [0.1, 0.15) is 25.3 Å². The van der Waals surface area contributed by atoms with Crippen molar-refractivity contribution in [2.75, 3.05) is 25.1 Å². The van der Waals surface area contributed by atoms with Gasteiger partial charge in [-0.2, -0.15) is 13.2 Å². The fraction of sp³-hybridized carbons (Fsp3) is 0.500. The van der Waals surface area contributed by atoms with Crippen molar-refractivity contribution in [2.45, 2.75) is 38.9 Å². The lowest BCUT2D eigenvalue weighted by Gasteiger charge is -2.34. The van der Waals surface area contributed by atoms with Crippen molar-refractivity contribution in [3.05, 3.63) is 30.1 Å². The van der Waals surface area contributed by atoms with Gasteiger partial charge in [-0.3, -0.25) is 14.9 Å². The molecule has 1 saturated carbocycles. The lowest BCUT2D eigenvalue weighted by Crippen LogP contribution is -2.55. The molecule has 0 saturated heterocycles. The van der Waals surface area contributed by atoms with Gasteiger partial charge in [0.25, 0.3) is 5.91 Å². The molecule has 0 aromatic carbocycles. The maximum Gasteiger partial charge on any atom is 0.422 e. The number of alkyl halides is 3. The quantitative estimate of drug-likeness (QED) is 0.736. The van der Waals surface area contributed by atoms with Crippen LogP contribution in [-0.2, 0) is 9.59 Å². The van der Waals surface area contributed by atoms with Crippen molar-refractivity contribution < 1.29 is 27.5 Å². The molecule has 1 fully saturated rings. The van der Waals surface area contributed by atoms with Crippen molar-refractivity contribution in [3.8, 4) is 5.88 Å². The first-order chi connectivity index (χ1) is 14.6. The number of hydrogen-bond acceptors (Lipinski definition) is 6. The first kappa shape index (κ1) is 22.6. The van der Waals surface area contributed by atoms with Gasteiger partial charge in [-0.25, -0.2) is 9.98 Å². The predicted octanol–water partition coefficient (Wildman–Crippen LogP) is 2.39. The molecule has 3 rings (SSSR count). The summed E-state index contributed by atoms with van der Waals surface area (Å²) in [6.07, 6.45) is 1.61. The van der Waals surface area contributed by atoms with E-state index >= 15 is 0 Å². The van der Waals surface area contributed by atoms with Crippen LogP contribution >= 0.6 is 0 Å². The number of halogens is 3. The van der Waals surface area contributed by atoms with Gasteiger partial charge in [0.15, 0.2) is 6.61 Å². The minimum Gasteiger partial charge on any atom is -0.468 e. The molecular weight excluding hydrogens is 415 g/mol. The van der Waals surface area contributed by atoms with Crippen LogP contribution in [0.5, 0.6) is 5.88 Å². The van der Waals surface area contributed by atoms with Gasteiger partial charge in [0, 0.05) is 31.3 Å². The van der Waals surface area contributed by atoms with Crippen molar-refractivity contribution in [1.29, 1.82) is 0 Å². The maximum absolute atomic E-state index is 13.2. The minimum atomic E-state index is -4.47. The van der Waals surface area contributed by atoms with E-state index in [0.29, 0.717) is 23.8 Å². The fourth-order valence-electron chi connectivity index (χ4n) is 3.09. The zero-order valence-corrected chi connectivity index (χ0v) is 17.4. The lowest BCUT2D eigenvalue weighted by molar-refractivity contribution is -0.154. The molecule has 1 aromatic heterocycles. The lowest BCUT2D eigenvalue weighted by atomic mass is 10.1. The molecule has 0 spiro atoms. The third-order valence-corrected chi connectivity index (χ3v) is 4.96. The van der Waals surface area contributed by atoms with Gasteiger partial charge in [0.2, 0.25) is 17.7 Å². The normalized spacial score (nSPS) is 18.5. The number of carbonyl (C=O) groups excluding carboxylic acids is 2. The highest BCUT2D eigenvalue weighted by Crippen LogP contribution is 2.29. The number of aromatic nitrogens is 1. The number of pyridine rings is 1. The second-order valence-electron chi connectivity index (χ2n) is 7.41. The number of aliphatic imine (C=N–C) groups is 1. The monoisotopic (exact) mass is 439 g/mol. The van der Waals surface area contributed by atoms with E-state index in [9.17, 15) is 22.8 Å². The summed E-state index contributed by atoms with van der Waals surface area (Å²) in [4.78, 5) is 36.4. The third-order valence-electron chi connectivity index (χ3n) is 4.96. The highest BCUT2D eigenvalue weighted by molar-refractivity contribution is 6.04. The topological polar surface area (TPSA) is 87.1 Å². The Morgan fingerprint density at radius 2 is 2.06 bits per heavy atom. The Balaban J connectivity index is 1.71. The minimum absolute atomic E-state index is 0.00346. The summed E-state index contributed by atoms with van der Waals surface area (Å²) >= 11 is 0. The summed E-state index contributed by atoms with van der Waals surface area (Å²) in [6, 6.07) is 0.826. The number of likely N-dealkylation sites (N-methyl/N-ethyl adjacent to an activating group) is 2. The number of anilines is 1. The van der Waals surface area contributed by atoms with E-state index in [0.717, 1.165) is 12.8 Å².